The quantitative estimate of drug-likeness (QED) is 0.807. The van der Waals surface area contributed by atoms with Crippen molar-refractivity contribution in [1.29, 1.82) is 0 Å². The summed E-state index contributed by atoms with van der Waals surface area (Å²) < 4.78 is 2.99. The van der Waals surface area contributed by atoms with Crippen LogP contribution in [0.2, 0.25) is 0 Å². The van der Waals surface area contributed by atoms with Gasteiger partial charge < -0.3 is 4.57 Å². The lowest BCUT2D eigenvalue weighted by Gasteiger charge is -2.14. The van der Waals surface area contributed by atoms with Gasteiger partial charge in [0.25, 0.3) is 0 Å². The summed E-state index contributed by atoms with van der Waals surface area (Å²) in [7, 11) is 0. The van der Waals surface area contributed by atoms with Crippen molar-refractivity contribution in [3.63, 3.8) is 0 Å². The molecule has 15 heavy (non-hydrogen) atoms. The number of aromatic nitrogens is 3. The van der Waals surface area contributed by atoms with E-state index in [1.165, 1.54) is 24.4 Å². The lowest BCUT2D eigenvalue weighted by Crippen LogP contribution is -2.10. The molecule has 1 heterocycles. The molecule has 0 bridgehead atoms. The zero-order chi connectivity index (χ0) is 10.8. The van der Waals surface area contributed by atoms with Gasteiger partial charge >= 0.3 is 0 Å². The van der Waals surface area contributed by atoms with Gasteiger partial charge in [-0.2, -0.15) is 16.9 Å². The fraction of sp³-hybridized carbons (Fsp3) is 0.800. The smallest absolute Gasteiger partial charge is 0.195 e. The van der Waals surface area contributed by atoms with E-state index < -0.39 is 0 Å². The Morgan fingerprint density at radius 1 is 1.67 bits per heavy atom. The van der Waals surface area contributed by atoms with Crippen LogP contribution in [0.5, 0.6) is 0 Å². The van der Waals surface area contributed by atoms with Crippen molar-refractivity contribution in [3.8, 4) is 0 Å². The Hall–Kier alpha value is -0.290. The van der Waals surface area contributed by atoms with Crippen molar-refractivity contribution in [2.24, 2.45) is 0 Å². The molecule has 3 nitrogen and oxygen atoms in total. The maximum atomic E-state index is 5.28. The predicted octanol–water partition coefficient (Wildman–Crippen LogP) is 3.13. The van der Waals surface area contributed by atoms with E-state index in [0.717, 1.165) is 11.2 Å². The second-order valence-corrected chi connectivity index (χ2v) is 5.53. The third-order valence-corrected chi connectivity index (χ3v) is 3.79. The monoisotopic (exact) mass is 243 g/mol. The van der Waals surface area contributed by atoms with E-state index in [2.05, 4.69) is 27.9 Å². The summed E-state index contributed by atoms with van der Waals surface area (Å²) in [5.74, 6) is 3.02. The number of thioether (sulfide) groups is 1. The van der Waals surface area contributed by atoms with Gasteiger partial charge in [0.05, 0.1) is 0 Å². The van der Waals surface area contributed by atoms with E-state index in [0.29, 0.717) is 12.0 Å². The maximum Gasteiger partial charge on any atom is 0.195 e. The molecular weight excluding hydrogens is 226 g/mol. The molecule has 0 amide bonds. The van der Waals surface area contributed by atoms with Crippen LogP contribution >= 0.6 is 24.0 Å². The number of hydrogen-bond donors (Lipinski definition) is 1. The SMILES string of the molecule is CSCCC(C)n1c(C2CC2)n[nH]c1=S. The average molecular weight is 243 g/mol. The van der Waals surface area contributed by atoms with Gasteiger partial charge in [0, 0.05) is 12.0 Å². The third-order valence-electron chi connectivity index (χ3n) is 2.85. The summed E-state index contributed by atoms with van der Waals surface area (Å²) >= 11 is 7.17. The van der Waals surface area contributed by atoms with E-state index in [1.807, 2.05) is 11.8 Å². The Morgan fingerprint density at radius 3 is 3.00 bits per heavy atom. The number of H-pyrrole nitrogens is 1. The highest BCUT2D eigenvalue weighted by Crippen LogP contribution is 2.40. The molecule has 0 radical (unpaired) electrons. The molecule has 1 aromatic rings. The molecule has 1 unspecified atom stereocenters. The summed E-state index contributed by atoms with van der Waals surface area (Å²) in [6, 6.07) is 0.472. The Labute approximate surface area is 99.7 Å². The highest BCUT2D eigenvalue weighted by molar-refractivity contribution is 7.98. The van der Waals surface area contributed by atoms with Crippen LogP contribution in [-0.2, 0) is 0 Å². The van der Waals surface area contributed by atoms with Crippen LogP contribution in [0, 0.1) is 4.77 Å². The molecule has 1 fully saturated rings. The van der Waals surface area contributed by atoms with Crippen molar-refractivity contribution in [2.75, 3.05) is 12.0 Å². The maximum absolute atomic E-state index is 5.28. The molecule has 1 N–H and O–H groups in total. The van der Waals surface area contributed by atoms with Crippen LogP contribution in [-0.4, -0.2) is 26.8 Å². The fourth-order valence-corrected chi connectivity index (χ4v) is 2.69. The van der Waals surface area contributed by atoms with Crippen LogP contribution in [0.1, 0.15) is 44.0 Å². The first-order valence-electron chi connectivity index (χ1n) is 5.39. The van der Waals surface area contributed by atoms with Gasteiger partial charge in [-0.1, -0.05) is 0 Å². The first-order valence-corrected chi connectivity index (χ1v) is 7.20. The van der Waals surface area contributed by atoms with Crippen molar-refractivity contribution in [2.45, 2.75) is 38.1 Å². The first-order chi connectivity index (χ1) is 7.24. The Kier molecular flexibility index (Phi) is 3.51. The Balaban J connectivity index is 2.17. The van der Waals surface area contributed by atoms with Crippen LogP contribution in [0.3, 0.4) is 0 Å². The van der Waals surface area contributed by atoms with E-state index in [1.54, 1.807) is 0 Å². The molecule has 1 saturated carbocycles. The minimum absolute atomic E-state index is 0.472. The minimum atomic E-state index is 0.472. The topological polar surface area (TPSA) is 33.6 Å². The molecule has 1 atom stereocenters. The molecule has 0 aliphatic heterocycles. The molecule has 1 aliphatic rings. The lowest BCUT2D eigenvalue weighted by molar-refractivity contribution is 0.507. The molecule has 0 saturated heterocycles. The third kappa shape index (κ3) is 2.45. The fourth-order valence-electron chi connectivity index (χ4n) is 1.79. The van der Waals surface area contributed by atoms with Crippen molar-refractivity contribution >= 4 is 24.0 Å². The number of nitrogens with one attached hydrogen (secondary N) is 1. The molecule has 1 aliphatic carbocycles. The normalized spacial score (nSPS) is 18.0. The highest BCUT2D eigenvalue weighted by Gasteiger charge is 2.30. The molecule has 5 heteroatoms. The first kappa shape index (κ1) is 11.2. The van der Waals surface area contributed by atoms with Crippen LogP contribution in [0.15, 0.2) is 0 Å². The predicted molar refractivity (Wildman–Crippen MR) is 67.1 cm³/mol. The van der Waals surface area contributed by atoms with Gasteiger partial charge in [0.15, 0.2) is 4.77 Å². The van der Waals surface area contributed by atoms with Crippen molar-refractivity contribution in [3.05, 3.63) is 10.6 Å². The summed E-state index contributed by atoms with van der Waals surface area (Å²) in [5, 5.41) is 7.27. The molecule has 2 rings (SSSR count). The zero-order valence-electron chi connectivity index (χ0n) is 9.19. The summed E-state index contributed by atoms with van der Waals surface area (Å²) in [4.78, 5) is 0. The summed E-state index contributed by atoms with van der Waals surface area (Å²) in [5.41, 5.74) is 0. The Bertz CT molecular complexity index is 378. The van der Waals surface area contributed by atoms with Crippen molar-refractivity contribution < 1.29 is 0 Å². The number of hydrogen-bond acceptors (Lipinski definition) is 3. The van der Waals surface area contributed by atoms with E-state index in [4.69, 9.17) is 12.2 Å². The summed E-state index contributed by atoms with van der Waals surface area (Å²) in [6.45, 7) is 2.23. The van der Waals surface area contributed by atoms with E-state index in [-0.39, 0.29) is 0 Å². The van der Waals surface area contributed by atoms with Gasteiger partial charge in [-0.15, -0.1) is 0 Å². The Morgan fingerprint density at radius 2 is 2.40 bits per heavy atom. The van der Waals surface area contributed by atoms with Gasteiger partial charge in [-0.3, -0.25) is 5.10 Å². The largest absolute Gasteiger partial charge is 0.301 e. The number of aromatic amines is 1. The van der Waals surface area contributed by atoms with Crippen LogP contribution in [0.25, 0.3) is 0 Å². The second kappa shape index (κ2) is 4.70. The van der Waals surface area contributed by atoms with Gasteiger partial charge in [-0.05, 0) is 50.4 Å². The van der Waals surface area contributed by atoms with Gasteiger partial charge in [-0.25, -0.2) is 0 Å². The standard InChI is InChI=1S/C10H17N3S2/c1-7(5-6-15-2)13-9(8-3-4-8)11-12-10(13)14/h7-8H,3-6H2,1-2H3,(H,12,14). The molecule has 84 valence electrons. The summed E-state index contributed by atoms with van der Waals surface area (Å²) in [6.07, 6.45) is 5.85. The minimum Gasteiger partial charge on any atom is -0.301 e. The zero-order valence-corrected chi connectivity index (χ0v) is 10.8. The van der Waals surface area contributed by atoms with Crippen LogP contribution < -0.4 is 0 Å². The van der Waals surface area contributed by atoms with E-state index >= 15 is 0 Å². The molecule has 0 aromatic carbocycles. The lowest BCUT2D eigenvalue weighted by atomic mass is 10.2. The molecular formula is C10H17N3S2. The van der Waals surface area contributed by atoms with Crippen LogP contribution in [0.4, 0.5) is 0 Å². The van der Waals surface area contributed by atoms with Gasteiger partial charge in [0.2, 0.25) is 0 Å². The number of rotatable bonds is 5. The number of nitrogens with zero attached hydrogens (tertiary/aromatic N) is 2. The highest BCUT2D eigenvalue weighted by atomic mass is 32.2. The van der Waals surface area contributed by atoms with Crippen molar-refractivity contribution in [1.82, 2.24) is 14.8 Å². The average Bonchev–Trinajstić information content (AvgIpc) is 2.99. The molecule has 0 spiro atoms. The van der Waals surface area contributed by atoms with E-state index in [9.17, 15) is 0 Å². The second-order valence-electron chi connectivity index (χ2n) is 4.16. The molecule has 1 aromatic heterocycles. The van der Waals surface area contributed by atoms with Gasteiger partial charge in [0.1, 0.15) is 5.82 Å².